The average molecular weight is 276 g/mol. The number of amides is 2. The van der Waals surface area contributed by atoms with Crippen LogP contribution >= 0.6 is 11.6 Å². The van der Waals surface area contributed by atoms with Gasteiger partial charge in [-0.05, 0) is 24.3 Å². The first-order chi connectivity index (χ1) is 9.08. The molecule has 0 aliphatic rings. The third-order valence-electron chi connectivity index (χ3n) is 2.42. The van der Waals surface area contributed by atoms with Crippen LogP contribution in [0.2, 0.25) is 5.15 Å². The standard InChI is InChI=1S/C13H10ClN3O2/c14-11-6-5-8(7-16-11)12(18)17-13(19)9-3-1-2-4-10(9)15/h1-7H,15H2,(H,17,18,19). The fourth-order valence-corrected chi connectivity index (χ4v) is 1.57. The van der Waals surface area contributed by atoms with Crippen LogP contribution < -0.4 is 11.1 Å². The number of imide groups is 1. The van der Waals surface area contributed by atoms with Gasteiger partial charge >= 0.3 is 0 Å². The molecule has 0 aliphatic heterocycles. The molecule has 1 aromatic heterocycles. The fraction of sp³-hybridized carbons (Fsp3) is 0. The van der Waals surface area contributed by atoms with Crippen molar-refractivity contribution >= 4 is 29.1 Å². The minimum atomic E-state index is -0.558. The smallest absolute Gasteiger partial charge is 0.260 e. The molecule has 0 atom stereocenters. The molecule has 19 heavy (non-hydrogen) atoms. The van der Waals surface area contributed by atoms with E-state index in [1.165, 1.54) is 24.4 Å². The first-order valence-electron chi connectivity index (χ1n) is 5.39. The lowest BCUT2D eigenvalue weighted by Gasteiger charge is -2.06. The van der Waals surface area contributed by atoms with Crippen molar-refractivity contribution in [3.8, 4) is 0 Å². The summed E-state index contributed by atoms with van der Waals surface area (Å²) in [6.07, 6.45) is 1.29. The largest absolute Gasteiger partial charge is 0.398 e. The number of aromatic nitrogens is 1. The maximum atomic E-state index is 11.9. The zero-order valence-corrected chi connectivity index (χ0v) is 10.5. The second-order valence-corrected chi connectivity index (χ2v) is 4.13. The molecule has 1 aromatic carbocycles. The van der Waals surface area contributed by atoms with E-state index in [2.05, 4.69) is 10.3 Å². The highest BCUT2D eigenvalue weighted by atomic mass is 35.5. The number of halogens is 1. The molecule has 6 heteroatoms. The molecular weight excluding hydrogens is 266 g/mol. The normalized spacial score (nSPS) is 9.95. The third kappa shape index (κ3) is 3.08. The number of pyridine rings is 1. The molecule has 2 rings (SSSR count). The van der Waals surface area contributed by atoms with Gasteiger partial charge in [-0.3, -0.25) is 14.9 Å². The number of nitrogens with two attached hydrogens (primary N) is 1. The number of rotatable bonds is 2. The Morgan fingerprint density at radius 2 is 1.84 bits per heavy atom. The van der Waals surface area contributed by atoms with Gasteiger partial charge in [0.15, 0.2) is 0 Å². The van der Waals surface area contributed by atoms with Crippen LogP contribution in [-0.2, 0) is 0 Å². The van der Waals surface area contributed by atoms with Crippen LogP contribution in [0.25, 0.3) is 0 Å². The Balaban J connectivity index is 2.13. The van der Waals surface area contributed by atoms with Gasteiger partial charge in [0.05, 0.1) is 11.1 Å². The van der Waals surface area contributed by atoms with Gasteiger partial charge < -0.3 is 5.73 Å². The van der Waals surface area contributed by atoms with E-state index in [9.17, 15) is 9.59 Å². The Morgan fingerprint density at radius 1 is 1.11 bits per heavy atom. The van der Waals surface area contributed by atoms with E-state index in [1.54, 1.807) is 18.2 Å². The lowest BCUT2D eigenvalue weighted by atomic mass is 10.1. The van der Waals surface area contributed by atoms with Gasteiger partial charge in [0, 0.05) is 11.9 Å². The predicted octanol–water partition coefficient (Wildman–Crippen LogP) is 1.89. The van der Waals surface area contributed by atoms with Gasteiger partial charge in [-0.1, -0.05) is 23.7 Å². The first-order valence-corrected chi connectivity index (χ1v) is 5.77. The van der Waals surface area contributed by atoms with Crippen molar-refractivity contribution in [1.29, 1.82) is 0 Å². The number of para-hydroxylation sites is 1. The van der Waals surface area contributed by atoms with Crippen LogP contribution in [-0.4, -0.2) is 16.8 Å². The van der Waals surface area contributed by atoms with Gasteiger partial charge in [-0.15, -0.1) is 0 Å². The highest BCUT2D eigenvalue weighted by molar-refractivity contribution is 6.29. The van der Waals surface area contributed by atoms with Gasteiger partial charge in [0.25, 0.3) is 11.8 Å². The molecule has 96 valence electrons. The lowest BCUT2D eigenvalue weighted by Crippen LogP contribution is -2.31. The van der Waals surface area contributed by atoms with E-state index in [-0.39, 0.29) is 16.3 Å². The zero-order valence-electron chi connectivity index (χ0n) is 9.76. The summed E-state index contributed by atoms with van der Waals surface area (Å²) in [6, 6.07) is 9.45. The Labute approximate surface area is 114 Å². The number of benzene rings is 1. The number of anilines is 1. The summed E-state index contributed by atoms with van der Waals surface area (Å²) in [6.45, 7) is 0. The lowest BCUT2D eigenvalue weighted by molar-refractivity contribution is 0.0849. The van der Waals surface area contributed by atoms with E-state index < -0.39 is 11.8 Å². The number of carbonyl (C=O) groups excluding carboxylic acids is 2. The molecule has 0 saturated carbocycles. The molecule has 2 amide bonds. The molecule has 3 N–H and O–H groups in total. The van der Waals surface area contributed by atoms with Crippen molar-refractivity contribution in [3.05, 3.63) is 58.9 Å². The van der Waals surface area contributed by atoms with Crippen LogP contribution in [0.4, 0.5) is 5.69 Å². The summed E-state index contributed by atoms with van der Waals surface area (Å²) in [5.41, 5.74) is 6.45. The van der Waals surface area contributed by atoms with Crippen LogP contribution in [0.5, 0.6) is 0 Å². The Bertz CT molecular complexity index is 626. The summed E-state index contributed by atoms with van der Waals surface area (Å²) >= 11 is 5.61. The molecule has 0 spiro atoms. The molecular formula is C13H10ClN3O2. The molecule has 0 aliphatic carbocycles. The summed E-state index contributed by atoms with van der Waals surface area (Å²) in [7, 11) is 0. The molecule has 0 radical (unpaired) electrons. The van der Waals surface area contributed by atoms with Crippen molar-refractivity contribution in [2.45, 2.75) is 0 Å². The van der Waals surface area contributed by atoms with E-state index in [0.29, 0.717) is 5.69 Å². The van der Waals surface area contributed by atoms with E-state index in [1.807, 2.05) is 0 Å². The molecule has 0 unspecified atom stereocenters. The minimum Gasteiger partial charge on any atom is -0.398 e. The van der Waals surface area contributed by atoms with E-state index >= 15 is 0 Å². The summed E-state index contributed by atoms with van der Waals surface area (Å²) in [5.74, 6) is -1.12. The molecule has 0 saturated heterocycles. The van der Waals surface area contributed by atoms with Gasteiger partial charge in [0.2, 0.25) is 0 Å². The fourth-order valence-electron chi connectivity index (χ4n) is 1.46. The van der Waals surface area contributed by atoms with Crippen molar-refractivity contribution in [3.63, 3.8) is 0 Å². The topological polar surface area (TPSA) is 85.1 Å². The van der Waals surface area contributed by atoms with Crippen molar-refractivity contribution < 1.29 is 9.59 Å². The Kier molecular flexibility index (Phi) is 3.77. The molecule has 1 heterocycles. The number of nitrogens with one attached hydrogen (secondary N) is 1. The number of hydrogen-bond donors (Lipinski definition) is 2. The number of nitrogen functional groups attached to an aromatic ring is 1. The molecule has 0 fully saturated rings. The average Bonchev–Trinajstić information content (AvgIpc) is 2.39. The highest BCUT2D eigenvalue weighted by Gasteiger charge is 2.14. The van der Waals surface area contributed by atoms with Gasteiger partial charge in [-0.25, -0.2) is 4.98 Å². The SMILES string of the molecule is Nc1ccccc1C(=O)NC(=O)c1ccc(Cl)nc1. The van der Waals surface area contributed by atoms with Crippen molar-refractivity contribution in [1.82, 2.24) is 10.3 Å². The van der Waals surface area contributed by atoms with Crippen LogP contribution in [0.1, 0.15) is 20.7 Å². The van der Waals surface area contributed by atoms with Crippen LogP contribution in [0.15, 0.2) is 42.6 Å². The molecule has 5 nitrogen and oxygen atoms in total. The van der Waals surface area contributed by atoms with E-state index in [0.717, 1.165) is 0 Å². The molecule has 2 aromatic rings. The number of hydrogen-bond acceptors (Lipinski definition) is 4. The van der Waals surface area contributed by atoms with Crippen molar-refractivity contribution in [2.24, 2.45) is 0 Å². The van der Waals surface area contributed by atoms with E-state index in [4.69, 9.17) is 17.3 Å². The zero-order chi connectivity index (χ0) is 13.8. The van der Waals surface area contributed by atoms with Gasteiger partial charge in [0.1, 0.15) is 5.15 Å². The summed E-state index contributed by atoms with van der Waals surface area (Å²) in [4.78, 5) is 27.4. The summed E-state index contributed by atoms with van der Waals surface area (Å²) in [5, 5.41) is 2.51. The predicted molar refractivity (Wildman–Crippen MR) is 71.9 cm³/mol. The second-order valence-electron chi connectivity index (χ2n) is 3.74. The van der Waals surface area contributed by atoms with Crippen molar-refractivity contribution in [2.75, 3.05) is 5.73 Å². The molecule has 0 bridgehead atoms. The Hall–Kier alpha value is -2.40. The first kappa shape index (κ1) is 13.0. The summed E-state index contributed by atoms with van der Waals surface area (Å²) < 4.78 is 0. The van der Waals surface area contributed by atoms with Gasteiger partial charge in [-0.2, -0.15) is 0 Å². The maximum absolute atomic E-state index is 11.9. The second kappa shape index (κ2) is 5.49. The monoisotopic (exact) mass is 275 g/mol. The Morgan fingerprint density at radius 3 is 2.47 bits per heavy atom. The number of nitrogens with zero attached hydrogens (tertiary/aromatic N) is 1. The van der Waals surface area contributed by atoms with Crippen LogP contribution in [0, 0.1) is 0 Å². The highest BCUT2D eigenvalue weighted by Crippen LogP contribution is 2.10. The quantitative estimate of drug-likeness (QED) is 0.498. The number of carbonyl (C=O) groups is 2. The minimum absolute atomic E-state index is 0.243. The third-order valence-corrected chi connectivity index (χ3v) is 2.65. The maximum Gasteiger partial charge on any atom is 0.260 e. The van der Waals surface area contributed by atoms with Crippen LogP contribution in [0.3, 0.4) is 0 Å².